The van der Waals surface area contributed by atoms with Crippen LogP contribution in [0.15, 0.2) is 53.9 Å². The number of carbonyl (C=O) groups excluding carboxylic acids is 2. The fraction of sp³-hybridized carbons (Fsp3) is 0.100. The van der Waals surface area contributed by atoms with Crippen LogP contribution in [0.5, 0.6) is 0 Å². The summed E-state index contributed by atoms with van der Waals surface area (Å²) in [5.74, 6) is -0.235. The van der Waals surface area contributed by atoms with Crippen LogP contribution >= 0.6 is 34.5 Å². The van der Waals surface area contributed by atoms with E-state index < -0.39 is 0 Å². The van der Waals surface area contributed by atoms with Crippen molar-refractivity contribution in [2.24, 2.45) is 0 Å². The molecule has 1 amide bonds. The van der Waals surface area contributed by atoms with Crippen molar-refractivity contribution in [3.05, 3.63) is 69.5 Å². The monoisotopic (exact) mass is 444 g/mol. The van der Waals surface area contributed by atoms with Crippen LogP contribution in [-0.2, 0) is 4.79 Å². The molecular formula is C20H14Cl2N4O2S. The summed E-state index contributed by atoms with van der Waals surface area (Å²) in [7, 11) is 0. The van der Waals surface area contributed by atoms with Crippen LogP contribution in [0.3, 0.4) is 0 Å². The van der Waals surface area contributed by atoms with Crippen molar-refractivity contribution in [2.45, 2.75) is 12.8 Å². The van der Waals surface area contributed by atoms with E-state index in [1.165, 1.54) is 11.3 Å². The number of nitrogens with one attached hydrogen (secondary N) is 1. The number of benzene rings is 2. The molecule has 0 saturated carbocycles. The summed E-state index contributed by atoms with van der Waals surface area (Å²) in [5, 5.41) is 9.95. The molecule has 4 rings (SSSR count). The molecule has 0 aliphatic rings. The zero-order valence-corrected chi connectivity index (χ0v) is 17.3. The fourth-order valence-corrected chi connectivity index (χ4v) is 4.00. The normalized spacial score (nSPS) is 11.0. The number of fused-ring (bicyclic) bond motifs is 1. The number of anilines is 1. The Bertz CT molecular complexity index is 1200. The maximum atomic E-state index is 12.2. The molecule has 2 aromatic carbocycles. The molecule has 0 aliphatic heterocycles. The molecule has 4 aromatic rings. The first-order valence-corrected chi connectivity index (χ1v) is 10.3. The third-order valence-electron chi connectivity index (χ3n) is 4.21. The Balaban J connectivity index is 1.46. The number of halogens is 2. The maximum Gasteiger partial charge on any atom is 0.250 e. The summed E-state index contributed by atoms with van der Waals surface area (Å²) in [6.45, 7) is 0. The molecule has 0 unspecified atom stereocenters. The molecule has 0 aliphatic carbocycles. The van der Waals surface area contributed by atoms with Crippen molar-refractivity contribution in [3.8, 4) is 11.3 Å². The van der Waals surface area contributed by atoms with Gasteiger partial charge in [-0.2, -0.15) is 4.98 Å². The standard InChI is InChI=1S/C20H14Cl2N4O2S/c21-13-6-7-15(22)14(10-13)16-11-29-20-24-19(25-26(16)20)23-18(28)9-8-17(27)12-4-2-1-3-5-12/h1-7,10-11H,8-9H2,(H,23,25,28). The maximum absolute atomic E-state index is 12.2. The second-order valence-electron chi connectivity index (χ2n) is 6.21. The Labute approximate surface area is 180 Å². The van der Waals surface area contributed by atoms with E-state index in [0.717, 1.165) is 11.3 Å². The highest BCUT2D eigenvalue weighted by atomic mass is 35.5. The quantitative estimate of drug-likeness (QED) is 0.405. The third-order valence-corrected chi connectivity index (χ3v) is 5.59. The van der Waals surface area contributed by atoms with E-state index in [9.17, 15) is 9.59 Å². The van der Waals surface area contributed by atoms with Crippen molar-refractivity contribution in [1.82, 2.24) is 14.6 Å². The van der Waals surface area contributed by atoms with Gasteiger partial charge in [-0.3, -0.25) is 14.9 Å². The number of Topliss-reactive ketones (excluding diaryl/α,β-unsaturated/α-hetero) is 1. The van der Waals surface area contributed by atoms with Gasteiger partial charge in [0.2, 0.25) is 16.8 Å². The van der Waals surface area contributed by atoms with Crippen LogP contribution in [0, 0.1) is 0 Å². The second kappa shape index (κ2) is 8.32. The van der Waals surface area contributed by atoms with E-state index >= 15 is 0 Å². The average molecular weight is 445 g/mol. The number of nitrogens with zero attached hydrogens (tertiary/aromatic N) is 3. The molecular weight excluding hydrogens is 431 g/mol. The number of rotatable bonds is 6. The minimum absolute atomic E-state index is 0.0492. The van der Waals surface area contributed by atoms with Crippen LogP contribution in [-0.4, -0.2) is 26.3 Å². The molecule has 2 aromatic heterocycles. The summed E-state index contributed by atoms with van der Waals surface area (Å²) in [6.07, 6.45) is 0.162. The molecule has 1 N–H and O–H groups in total. The Hall–Kier alpha value is -2.74. The Morgan fingerprint density at radius 1 is 1.07 bits per heavy atom. The van der Waals surface area contributed by atoms with Crippen molar-refractivity contribution >= 4 is 57.1 Å². The van der Waals surface area contributed by atoms with E-state index in [2.05, 4.69) is 15.4 Å². The molecule has 29 heavy (non-hydrogen) atoms. The lowest BCUT2D eigenvalue weighted by atomic mass is 10.1. The number of ketones is 1. The topological polar surface area (TPSA) is 76.4 Å². The van der Waals surface area contributed by atoms with Crippen LogP contribution in [0.2, 0.25) is 10.0 Å². The number of hydrogen-bond acceptors (Lipinski definition) is 5. The molecule has 0 atom stereocenters. The van der Waals surface area contributed by atoms with Gasteiger partial charge >= 0.3 is 0 Å². The highest BCUT2D eigenvalue weighted by molar-refractivity contribution is 7.15. The van der Waals surface area contributed by atoms with Crippen molar-refractivity contribution in [2.75, 3.05) is 5.32 Å². The van der Waals surface area contributed by atoms with Crippen molar-refractivity contribution in [1.29, 1.82) is 0 Å². The van der Waals surface area contributed by atoms with E-state index in [0.29, 0.717) is 20.6 Å². The molecule has 2 heterocycles. The predicted molar refractivity (Wildman–Crippen MR) is 115 cm³/mol. The van der Waals surface area contributed by atoms with Gasteiger partial charge in [-0.25, -0.2) is 4.52 Å². The van der Waals surface area contributed by atoms with Crippen LogP contribution in [0.1, 0.15) is 23.2 Å². The molecule has 0 radical (unpaired) electrons. The van der Waals surface area contributed by atoms with Gasteiger partial charge in [0.05, 0.1) is 10.7 Å². The van der Waals surface area contributed by atoms with Crippen LogP contribution in [0.25, 0.3) is 16.2 Å². The Kier molecular flexibility index (Phi) is 5.62. The number of carbonyl (C=O) groups is 2. The summed E-state index contributed by atoms with van der Waals surface area (Å²) in [6, 6.07) is 14.1. The van der Waals surface area contributed by atoms with Gasteiger partial charge in [0.15, 0.2) is 5.78 Å². The zero-order valence-electron chi connectivity index (χ0n) is 14.9. The van der Waals surface area contributed by atoms with Gasteiger partial charge in [0.1, 0.15) is 0 Å². The van der Waals surface area contributed by atoms with E-state index in [1.54, 1.807) is 47.0 Å². The van der Waals surface area contributed by atoms with Gasteiger partial charge in [-0.15, -0.1) is 16.4 Å². The summed E-state index contributed by atoms with van der Waals surface area (Å²) >= 11 is 13.7. The highest BCUT2D eigenvalue weighted by Crippen LogP contribution is 2.33. The molecule has 6 nitrogen and oxygen atoms in total. The largest absolute Gasteiger partial charge is 0.294 e. The average Bonchev–Trinajstić information content (AvgIpc) is 3.29. The molecule has 0 fully saturated rings. The lowest BCUT2D eigenvalue weighted by molar-refractivity contribution is -0.116. The van der Waals surface area contributed by atoms with Crippen molar-refractivity contribution in [3.63, 3.8) is 0 Å². The molecule has 0 bridgehead atoms. The van der Waals surface area contributed by atoms with E-state index in [-0.39, 0.29) is 30.5 Å². The Morgan fingerprint density at radius 2 is 1.86 bits per heavy atom. The smallest absolute Gasteiger partial charge is 0.250 e. The van der Waals surface area contributed by atoms with Crippen LogP contribution in [0.4, 0.5) is 5.95 Å². The molecule has 9 heteroatoms. The minimum atomic E-state index is -0.324. The summed E-state index contributed by atoms with van der Waals surface area (Å²) in [5.41, 5.74) is 2.04. The SMILES string of the molecule is O=C(CCC(=O)c1ccccc1)Nc1nc2scc(-c3cc(Cl)ccc3Cl)n2n1. The van der Waals surface area contributed by atoms with Gasteiger partial charge in [-0.05, 0) is 18.2 Å². The molecule has 0 spiro atoms. The van der Waals surface area contributed by atoms with Gasteiger partial charge < -0.3 is 0 Å². The Morgan fingerprint density at radius 3 is 2.66 bits per heavy atom. The molecule has 0 saturated heterocycles. The first-order chi connectivity index (χ1) is 14.0. The first kappa shape index (κ1) is 19.6. The lowest BCUT2D eigenvalue weighted by Crippen LogP contribution is -2.14. The second-order valence-corrected chi connectivity index (χ2v) is 7.89. The zero-order chi connectivity index (χ0) is 20.4. The molecule has 146 valence electrons. The van der Waals surface area contributed by atoms with E-state index in [4.69, 9.17) is 23.2 Å². The summed E-state index contributed by atoms with van der Waals surface area (Å²) in [4.78, 5) is 29.3. The lowest BCUT2D eigenvalue weighted by Gasteiger charge is -2.03. The number of hydrogen-bond donors (Lipinski definition) is 1. The first-order valence-electron chi connectivity index (χ1n) is 8.69. The fourth-order valence-electron chi connectivity index (χ4n) is 2.80. The third kappa shape index (κ3) is 4.32. The predicted octanol–water partition coefficient (Wildman–Crippen LogP) is 5.37. The van der Waals surface area contributed by atoms with E-state index in [1.807, 2.05) is 11.4 Å². The number of thiazole rings is 1. The highest BCUT2D eigenvalue weighted by Gasteiger charge is 2.16. The number of amides is 1. The van der Waals surface area contributed by atoms with Gasteiger partial charge in [0.25, 0.3) is 0 Å². The van der Waals surface area contributed by atoms with Gasteiger partial charge in [0, 0.05) is 34.4 Å². The van der Waals surface area contributed by atoms with Crippen LogP contribution < -0.4 is 5.32 Å². The summed E-state index contributed by atoms with van der Waals surface area (Å²) < 4.78 is 1.60. The van der Waals surface area contributed by atoms with Crippen molar-refractivity contribution < 1.29 is 9.59 Å². The number of aromatic nitrogens is 3. The minimum Gasteiger partial charge on any atom is -0.294 e. The van der Waals surface area contributed by atoms with Gasteiger partial charge in [-0.1, -0.05) is 53.5 Å².